The first-order chi connectivity index (χ1) is 13.5. The van der Waals surface area contributed by atoms with Crippen molar-refractivity contribution in [2.45, 2.75) is 19.5 Å². The molecule has 1 aliphatic heterocycles. The predicted molar refractivity (Wildman–Crippen MR) is 108 cm³/mol. The van der Waals surface area contributed by atoms with Crippen LogP contribution in [0.5, 0.6) is 0 Å². The number of aliphatic hydroxyl groups excluding tert-OH is 1. The number of thiophene rings is 2. The molecule has 2 aromatic heterocycles. The van der Waals surface area contributed by atoms with Crippen molar-refractivity contribution in [1.82, 2.24) is 4.90 Å². The van der Waals surface area contributed by atoms with Crippen LogP contribution in [0.15, 0.2) is 59.5 Å². The first-order valence-electron chi connectivity index (χ1n) is 8.59. The summed E-state index contributed by atoms with van der Waals surface area (Å²) in [5, 5.41) is 12.8. The second kappa shape index (κ2) is 7.33. The van der Waals surface area contributed by atoms with Crippen molar-refractivity contribution in [3.05, 3.63) is 85.5 Å². The summed E-state index contributed by atoms with van der Waals surface area (Å²) in [6.45, 7) is 2.23. The number of carbonyl (C=O) groups excluding carboxylic acids is 2. The van der Waals surface area contributed by atoms with Gasteiger partial charge in [-0.25, -0.2) is 4.39 Å². The van der Waals surface area contributed by atoms with E-state index in [0.717, 1.165) is 14.6 Å². The lowest BCUT2D eigenvalue weighted by molar-refractivity contribution is -0.140. The summed E-state index contributed by atoms with van der Waals surface area (Å²) >= 11 is 2.98. The summed E-state index contributed by atoms with van der Waals surface area (Å²) in [5.41, 5.74) is 0.337. The Labute approximate surface area is 169 Å². The van der Waals surface area contributed by atoms with Crippen molar-refractivity contribution < 1.29 is 19.1 Å². The van der Waals surface area contributed by atoms with Gasteiger partial charge in [0.25, 0.3) is 11.7 Å². The lowest BCUT2D eigenvalue weighted by Crippen LogP contribution is -2.28. The number of amides is 1. The van der Waals surface area contributed by atoms with Gasteiger partial charge in [-0.3, -0.25) is 9.59 Å². The summed E-state index contributed by atoms with van der Waals surface area (Å²) in [4.78, 5) is 29.9. The standard InChI is InChI=1S/C21H16FNO3S2/c1-12-4-9-16(28-12)18-17(19(24)13-5-7-14(22)8-6-13)20(25)21(26)23(18)11-15-3-2-10-27-15/h2-10,18,24H,11H2,1H3/b19-17+. The van der Waals surface area contributed by atoms with Crippen molar-refractivity contribution in [3.63, 3.8) is 0 Å². The summed E-state index contributed by atoms with van der Waals surface area (Å²) in [6.07, 6.45) is 0. The molecule has 1 unspecified atom stereocenters. The highest BCUT2D eigenvalue weighted by molar-refractivity contribution is 7.12. The van der Waals surface area contributed by atoms with E-state index in [1.54, 1.807) is 0 Å². The van der Waals surface area contributed by atoms with Crippen molar-refractivity contribution >= 4 is 40.1 Å². The lowest BCUT2D eigenvalue weighted by Gasteiger charge is -2.23. The molecule has 1 N–H and O–H groups in total. The normalized spacial score (nSPS) is 18.8. The maximum atomic E-state index is 13.3. The molecular weight excluding hydrogens is 397 g/mol. The average Bonchev–Trinajstić information content (AvgIpc) is 3.39. The van der Waals surface area contributed by atoms with E-state index in [1.165, 1.54) is 51.8 Å². The van der Waals surface area contributed by atoms with Gasteiger partial charge in [0.1, 0.15) is 17.6 Å². The minimum absolute atomic E-state index is 0.0371. The topological polar surface area (TPSA) is 57.6 Å². The first-order valence-corrected chi connectivity index (χ1v) is 10.3. The molecule has 1 saturated heterocycles. The van der Waals surface area contributed by atoms with E-state index in [-0.39, 0.29) is 17.9 Å². The van der Waals surface area contributed by atoms with Crippen LogP contribution in [-0.2, 0) is 16.1 Å². The molecule has 0 bridgehead atoms. The molecule has 1 atom stereocenters. The number of benzene rings is 1. The van der Waals surface area contributed by atoms with Crippen LogP contribution in [0.4, 0.5) is 4.39 Å². The first kappa shape index (κ1) is 18.6. The van der Waals surface area contributed by atoms with Crippen LogP contribution in [0.1, 0.15) is 26.2 Å². The number of aryl methyl sites for hydroxylation is 1. The SMILES string of the molecule is Cc1ccc(C2/C(=C(\O)c3ccc(F)cc3)C(=O)C(=O)N2Cc2cccs2)s1. The molecule has 0 aliphatic carbocycles. The molecule has 28 heavy (non-hydrogen) atoms. The van der Waals surface area contributed by atoms with Gasteiger partial charge in [-0.2, -0.15) is 0 Å². The smallest absolute Gasteiger partial charge is 0.296 e. The fourth-order valence-corrected chi connectivity index (χ4v) is 4.98. The maximum absolute atomic E-state index is 13.3. The zero-order valence-corrected chi connectivity index (χ0v) is 16.5. The molecule has 1 amide bonds. The van der Waals surface area contributed by atoms with Crippen LogP contribution >= 0.6 is 22.7 Å². The van der Waals surface area contributed by atoms with Gasteiger partial charge >= 0.3 is 0 Å². The molecule has 3 heterocycles. The Kier molecular flexibility index (Phi) is 4.87. The number of halogens is 1. The van der Waals surface area contributed by atoms with Crippen molar-refractivity contribution in [2.24, 2.45) is 0 Å². The summed E-state index contributed by atoms with van der Waals surface area (Å²) in [5.74, 6) is -2.11. The second-order valence-electron chi connectivity index (χ2n) is 6.46. The number of hydrogen-bond donors (Lipinski definition) is 1. The molecule has 1 aromatic carbocycles. The Hall–Kier alpha value is -2.77. The highest BCUT2D eigenvalue weighted by Crippen LogP contribution is 2.42. The van der Waals surface area contributed by atoms with E-state index >= 15 is 0 Å². The Morgan fingerprint density at radius 2 is 1.89 bits per heavy atom. The molecule has 1 fully saturated rings. The monoisotopic (exact) mass is 413 g/mol. The second-order valence-corrected chi connectivity index (χ2v) is 8.81. The summed E-state index contributed by atoms with van der Waals surface area (Å²) in [7, 11) is 0. The lowest BCUT2D eigenvalue weighted by atomic mass is 10.00. The minimum Gasteiger partial charge on any atom is -0.507 e. The molecule has 3 aromatic rings. The largest absolute Gasteiger partial charge is 0.507 e. The molecule has 4 nitrogen and oxygen atoms in total. The molecule has 0 radical (unpaired) electrons. The Balaban J connectivity index is 1.85. The van der Waals surface area contributed by atoms with E-state index in [4.69, 9.17) is 0 Å². The van der Waals surface area contributed by atoms with Crippen LogP contribution in [-0.4, -0.2) is 21.7 Å². The molecular formula is C21H16FNO3S2. The van der Waals surface area contributed by atoms with Gasteiger partial charge in [0, 0.05) is 20.2 Å². The summed E-state index contributed by atoms with van der Waals surface area (Å²) in [6, 6.07) is 12.1. The van der Waals surface area contributed by atoms with Gasteiger partial charge in [-0.1, -0.05) is 6.07 Å². The van der Waals surface area contributed by atoms with E-state index in [0.29, 0.717) is 5.56 Å². The number of nitrogens with zero attached hydrogens (tertiary/aromatic N) is 1. The number of hydrogen-bond acceptors (Lipinski definition) is 5. The summed E-state index contributed by atoms with van der Waals surface area (Å²) < 4.78 is 13.3. The molecule has 142 valence electrons. The number of Topliss-reactive ketones (excluding diaryl/α,β-unsaturated/α-hetero) is 1. The van der Waals surface area contributed by atoms with Crippen molar-refractivity contribution in [2.75, 3.05) is 0 Å². The van der Waals surface area contributed by atoms with Crippen LogP contribution in [0.2, 0.25) is 0 Å². The third kappa shape index (κ3) is 3.27. The zero-order valence-electron chi connectivity index (χ0n) is 14.9. The van der Waals surface area contributed by atoms with Crippen LogP contribution in [0, 0.1) is 12.7 Å². The van der Waals surface area contributed by atoms with Crippen LogP contribution in [0.3, 0.4) is 0 Å². The molecule has 7 heteroatoms. The van der Waals surface area contributed by atoms with Crippen LogP contribution < -0.4 is 0 Å². The van der Waals surface area contributed by atoms with E-state index in [1.807, 2.05) is 36.6 Å². The Morgan fingerprint density at radius 1 is 1.14 bits per heavy atom. The van der Waals surface area contributed by atoms with Gasteiger partial charge in [-0.15, -0.1) is 22.7 Å². The number of rotatable bonds is 4. The number of carbonyl (C=O) groups is 2. The van der Waals surface area contributed by atoms with Gasteiger partial charge in [0.15, 0.2) is 0 Å². The van der Waals surface area contributed by atoms with Crippen molar-refractivity contribution in [1.29, 1.82) is 0 Å². The van der Waals surface area contributed by atoms with E-state index < -0.39 is 23.5 Å². The van der Waals surface area contributed by atoms with E-state index in [2.05, 4.69) is 0 Å². The zero-order chi connectivity index (χ0) is 19.8. The van der Waals surface area contributed by atoms with Gasteiger partial charge in [0.05, 0.1) is 12.1 Å². The molecule has 0 saturated carbocycles. The van der Waals surface area contributed by atoms with Crippen molar-refractivity contribution in [3.8, 4) is 0 Å². The Bertz CT molecular complexity index is 1070. The molecule has 0 spiro atoms. The quantitative estimate of drug-likeness (QED) is 0.377. The number of likely N-dealkylation sites (tertiary alicyclic amines) is 1. The number of ketones is 1. The Morgan fingerprint density at radius 3 is 2.50 bits per heavy atom. The van der Waals surface area contributed by atoms with Gasteiger partial charge in [-0.05, 0) is 54.8 Å². The third-order valence-corrected chi connectivity index (χ3v) is 6.51. The van der Waals surface area contributed by atoms with Crippen LogP contribution in [0.25, 0.3) is 5.76 Å². The van der Waals surface area contributed by atoms with E-state index in [9.17, 15) is 19.1 Å². The predicted octanol–water partition coefficient (Wildman–Crippen LogP) is 4.88. The van der Waals surface area contributed by atoms with Gasteiger partial charge in [0.2, 0.25) is 0 Å². The third-order valence-electron chi connectivity index (χ3n) is 4.59. The van der Waals surface area contributed by atoms with Gasteiger partial charge < -0.3 is 10.0 Å². The minimum atomic E-state index is -0.727. The number of aliphatic hydroxyl groups is 1. The molecule has 1 aliphatic rings. The fraction of sp³-hybridized carbons (Fsp3) is 0.143. The molecule has 4 rings (SSSR count). The highest BCUT2D eigenvalue weighted by atomic mass is 32.1. The fourth-order valence-electron chi connectivity index (χ4n) is 3.27. The average molecular weight is 413 g/mol. The highest BCUT2D eigenvalue weighted by Gasteiger charge is 2.46. The maximum Gasteiger partial charge on any atom is 0.296 e.